The molecule has 1 aliphatic heterocycles. The molecular formula is C16H21N3OS. The minimum absolute atomic E-state index is 0.0539. The summed E-state index contributed by atoms with van der Waals surface area (Å²) in [6, 6.07) is 6.48. The Morgan fingerprint density at radius 3 is 2.81 bits per heavy atom. The van der Waals surface area contributed by atoms with Gasteiger partial charge in [-0.05, 0) is 45.0 Å². The lowest BCUT2D eigenvalue weighted by molar-refractivity contribution is 0.0709. The number of hydrogen-bond acceptors (Lipinski definition) is 4. The lowest BCUT2D eigenvalue weighted by Crippen LogP contribution is -2.43. The Labute approximate surface area is 128 Å². The Hall–Kier alpha value is -1.59. The van der Waals surface area contributed by atoms with E-state index in [2.05, 4.69) is 17.4 Å². The minimum Gasteiger partial charge on any atom is -0.397 e. The fourth-order valence-corrected chi connectivity index (χ4v) is 4.00. The van der Waals surface area contributed by atoms with Crippen LogP contribution < -0.4 is 11.1 Å². The number of carbonyl (C=O) groups is 1. The number of thiophene rings is 1. The standard InChI is InChI=1S/C16H21N3OS/c1-10-3-4-13-12(9-10)14(17)15(21-13)16(20)19(2)11-5-7-18-8-6-11/h3-4,9,11,18H,5-8,17H2,1-2H3. The predicted molar refractivity (Wildman–Crippen MR) is 89.0 cm³/mol. The quantitative estimate of drug-likeness (QED) is 0.896. The number of nitrogens with one attached hydrogen (secondary N) is 1. The Bertz CT molecular complexity index is 673. The third kappa shape index (κ3) is 2.63. The third-order valence-electron chi connectivity index (χ3n) is 4.25. The van der Waals surface area contributed by atoms with Crippen molar-refractivity contribution in [2.24, 2.45) is 0 Å². The molecule has 0 atom stereocenters. The van der Waals surface area contributed by atoms with E-state index >= 15 is 0 Å². The molecule has 0 radical (unpaired) electrons. The molecule has 2 heterocycles. The maximum absolute atomic E-state index is 12.8. The lowest BCUT2D eigenvalue weighted by Gasteiger charge is -2.31. The molecule has 3 N–H and O–H groups in total. The molecule has 4 nitrogen and oxygen atoms in total. The zero-order valence-corrected chi connectivity index (χ0v) is 13.3. The molecule has 0 aliphatic carbocycles. The van der Waals surface area contributed by atoms with E-state index < -0.39 is 0 Å². The zero-order chi connectivity index (χ0) is 15.0. The van der Waals surface area contributed by atoms with Gasteiger partial charge in [0.2, 0.25) is 0 Å². The fourth-order valence-electron chi connectivity index (χ4n) is 2.91. The summed E-state index contributed by atoms with van der Waals surface area (Å²) < 4.78 is 1.08. The highest BCUT2D eigenvalue weighted by Crippen LogP contribution is 2.35. The highest BCUT2D eigenvalue weighted by molar-refractivity contribution is 7.21. The molecule has 0 spiro atoms. The van der Waals surface area contributed by atoms with Crippen molar-refractivity contribution in [1.29, 1.82) is 0 Å². The normalized spacial score (nSPS) is 16.3. The third-order valence-corrected chi connectivity index (χ3v) is 5.43. The van der Waals surface area contributed by atoms with Crippen LogP contribution in [0.15, 0.2) is 18.2 Å². The fraction of sp³-hybridized carbons (Fsp3) is 0.438. The van der Waals surface area contributed by atoms with E-state index in [1.165, 1.54) is 11.3 Å². The second-order valence-electron chi connectivity index (χ2n) is 5.74. The predicted octanol–water partition coefficient (Wildman–Crippen LogP) is 2.62. The van der Waals surface area contributed by atoms with Gasteiger partial charge >= 0.3 is 0 Å². The molecular weight excluding hydrogens is 282 g/mol. The molecule has 5 heteroatoms. The van der Waals surface area contributed by atoms with Crippen LogP contribution in [0.5, 0.6) is 0 Å². The Morgan fingerprint density at radius 1 is 1.38 bits per heavy atom. The number of amides is 1. The van der Waals surface area contributed by atoms with Crippen molar-refractivity contribution in [1.82, 2.24) is 10.2 Å². The Kier molecular flexibility index (Phi) is 3.87. The highest BCUT2D eigenvalue weighted by atomic mass is 32.1. The van der Waals surface area contributed by atoms with Gasteiger partial charge in [0.1, 0.15) is 4.88 Å². The monoisotopic (exact) mass is 303 g/mol. The molecule has 0 unspecified atom stereocenters. The number of nitrogens with zero attached hydrogens (tertiary/aromatic N) is 1. The molecule has 0 bridgehead atoms. The van der Waals surface area contributed by atoms with Crippen molar-refractivity contribution >= 4 is 33.0 Å². The van der Waals surface area contributed by atoms with Crippen LogP contribution in [0.3, 0.4) is 0 Å². The molecule has 112 valence electrons. The zero-order valence-electron chi connectivity index (χ0n) is 12.5. The Morgan fingerprint density at radius 2 is 2.10 bits per heavy atom. The number of rotatable bonds is 2. The van der Waals surface area contributed by atoms with E-state index in [1.807, 2.05) is 24.9 Å². The second kappa shape index (κ2) is 5.66. The van der Waals surface area contributed by atoms with Crippen LogP contribution in [0.1, 0.15) is 28.1 Å². The summed E-state index contributed by atoms with van der Waals surface area (Å²) in [6.07, 6.45) is 2.01. The van der Waals surface area contributed by atoms with E-state index in [1.54, 1.807) is 0 Å². The van der Waals surface area contributed by atoms with Crippen LogP contribution in [-0.4, -0.2) is 37.0 Å². The van der Waals surface area contributed by atoms with Crippen molar-refractivity contribution < 1.29 is 4.79 Å². The summed E-state index contributed by atoms with van der Waals surface area (Å²) in [7, 11) is 1.90. The minimum atomic E-state index is 0.0539. The number of benzene rings is 1. The number of nitrogens with two attached hydrogens (primary N) is 1. The smallest absolute Gasteiger partial charge is 0.266 e. The number of piperidine rings is 1. The molecule has 1 saturated heterocycles. The molecule has 21 heavy (non-hydrogen) atoms. The summed E-state index contributed by atoms with van der Waals surface area (Å²) in [5.41, 5.74) is 8.02. The number of aryl methyl sites for hydroxylation is 1. The summed E-state index contributed by atoms with van der Waals surface area (Å²) in [4.78, 5) is 15.3. The van der Waals surface area contributed by atoms with E-state index in [0.717, 1.165) is 41.6 Å². The molecule has 2 aromatic rings. The van der Waals surface area contributed by atoms with E-state index in [4.69, 9.17) is 5.73 Å². The van der Waals surface area contributed by atoms with Crippen molar-refractivity contribution in [2.75, 3.05) is 25.9 Å². The van der Waals surface area contributed by atoms with E-state index in [0.29, 0.717) is 16.6 Å². The number of hydrogen-bond donors (Lipinski definition) is 2. The van der Waals surface area contributed by atoms with Gasteiger partial charge in [0.25, 0.3) is 5.91 Å². The molecule has 1 amide bonds. The van der Waals surface area contributed by atoms with Crippen molar-refractivity contribution in [3.8, 4) is 0 Å². The molecule has 0 saturated carbocycles. The van der Waals surface area contributed by atoms with Gasteiger partial charge < -0.3 is 16.0 Å². The highest BCUT2D eigenvalue weighted by Gasteiger charge is 2.26. The molecule has 1 aromatic heterocycles. The van der Waals surface area contributed by atoms with Gasteiger partial charge in [0.05, 0.1) is 5.69 Å². The number of carbonyl (C=O) groups excluding carboxylic acids is 1. The van der Waals surface area contributed by atoms with Gasteiger partial charge in [-0.15, -0.1) is 11.3 Å². The molecule has 1 aromatic carbocycles. The number of anilines is 1. The number of fused-ring (bicyclic) bond motifs is 1. The van der Waals surface area contributed by atoms with Crippen molar-refractivity contribution in [3.63, 3.8) is 0 Å². The lowest BCUT2D eigenvalue weighted by atomic mass is 10.0. The van der Waals surface area contributed by atoms with Crippen LogP contribution in [0.2, 0.25) is 0 Å². The van der Waals surface area contributed by atoms with Gasteiger partial charge in [0.15, 0.2) is 0 Å². The summed E-state index contributed by atoms with van der Waals surface area (Å²) in [6.45, 7) is 3.99. The molecule has 1 fully saturated rings. The average Bonchev–Trinajstić information content (AvgIpc) is 2.83. The first kappa shape index (κ1) is 14.4. The van der Waals surface area contributed by atoms with Crippen molar-refractivity contribution in [2.45, 2.75) is 25.8 Å². The van der Waals surface area contributed by atoms with E-state index in [9.17, 15) is 4.79 Å². The van der Waals surface area contributed by atoms with Gasteiger partial charge in [-0.25, -0.2) is 0 Å². The van der Waals surface area contributed by atoms with Crippen LogP contribution in [0.25, 0.3) is 10.1 Å². The summed E-state index contributed by atoms with van der Waals surface area (Å²) in [5.74, 6) is 0.0539. The van der Waals surface area contributed by atoms with Crippen LogP contribution in [0.4, 0.5) is 5.69 Å². The van der Waals surface area contributed by atoms with Gasteiger partial charge in [-0.3, -0.25) is 4.79 Å². The van der Waals surface area contributed by atoms with Crippen LogP contribution >= 0.6 is 11.3 Å². The molecule has 1 aliphatic rings. The number of nitrogen functional groups attached to an aromatic ring is 1. The van der Waals surface area contributed by atoms with E-state index in [-0.39, 0.29) is 5.91 Å². The summed E-state index contributed by atoms with van der Waals surface area (Å²) in [5, 5.41) is 4.33. The topological polar surface area (TPSA) is 58.4 Å². The van der Waals surface area contributed by atoms with Crippen molar-refractivity contribution in [3.05, 3.63) is 28.6 Å². The maximum Gasteiger partial charge on any atom is 0.266 e. The second-order valence-corrected chi connectivity index (χ2v) is 6.79. The first-order chi connectivity index (χ1) is 10.1. The van der Waals surface area contributed by atoms with Gasteiger partial charge in [-0.1, -0.05) is 11.6 Å². The average molecular weight is 303 g/mol. The largest absolute Gasteiger partial charge is 0.397 e. The SMILES string of the molecule is Cc1ccc2sc(C(=O)N(C)C3CCNCC3)c(N)c2c1. The van der Waals surface area contributed by atoms with Crippen LogP contribution in [-0.2, 0) is 0 Å². The maximum atomic E-state index is 12.8. The van der Waals surface area contributed by atoms with Crippen LogP contribution in [0, 0.1) is 6.92 Å². The molecule has 3 rings (SSSR count). The summed E-state index contributed by atoms with van der Waals surface area (Å²) >= 11 is 1.50. The van der Waals surface area contributed by atoms with Gasteiger partial charge in [-0.2, -0.15) is 0 Å². The van der Waals surface area contributed by atoms with Gasteiger partial charge in [0, 0.05) is 23.2 Å². The Balaban J connectivity index is 1.92. The first-order valence-electron chi connectivity index (χ1n) is 7.34. The first-order valence-corrected chi connectivity index (χ1v) is 8.16.